The summed E-state index contributed by atoms with van der Waals surface area (Å²) >= 11 is 11.3. The highest BCUT2D eigenvalue weighted by Gasteiger charge is 2.21. The molecule has 1 aromatic carbocycles. The van der Waals surface area contributed by atoms with Crippen molar-refractivity contribution in [2.24, 2.45) is 5.92 Å². The highest BCUT2D eigenvalue weighted by molar-refractivity contribution is 7.80. The van der Waals surface area contributed by atoms with Gasteiger partial charge in [0.05, 0.1) is 6.54 Å². The number of rotatable bonds is 4. The maximum absolute atomic E-state index is 12.0. The van der Waals surface area contributed by atoms with Crippen LogP contribution in [-0.2, 0) is 4.79 Å². The van der Waals surface area contributed by atoms with Gasteiger partial charge in [-0.05, 0) is 55.6 Å². The molecule has 2 rings (SSSR count). The number of carbonyl (C=O) groups excluding carboxylic acids is 1. The van der Waals surface area contributed by atoms with Gasteiger partial charge >= 0.3 is 0 Å². The van der Waals surface area contributed by atoms with Crippen molar-refractivity contribution in [3.8, 4) is 0 Å². The predicted molar refractivity (Wildman–Crippen MR) is 100.0 cm³/mol. The number of amides is 1. The summed E-state index contributed by atoms with van der Waals surface area (Å²) in [6, 6.07) is 5.85. The zero-order valence-electron chi connectivity index (χ0n) is 13.6. The average Bonchev–Trinajstić information content (AvgIpc) is 2.52. The molecule has 0 aromatic heterocycles. The van der Waals surface area contributed by atoms with Gasteiger partial charge < -0.3 is 16.0 Å². The zero-order chi connectivity index (χ0) is 16.8. The van der Waals surface area contributed by atoms with Gasteiger partial charge in [-0.3, -0.25) is 4.79 Å². The summed E-state index contributed by atoms with van der Waals surface area (Å²) < 4.78 is 0. The van der Waals surface area contributed by atoms with Gasteiger partial charge in [-0.1, -0.05) is 37.4 Å². The Labute approximate surface area is 148 Å². The lowest BCUT2D eigenvalue weighted by atomic mass is 9.86. The van der Waals surface area contributed by atoms with Gasteiger partial charge in [0.25, 0.3) is 0 Å². The lowest BCUT2D eigenvalue weighted by Gasteiger charge is -2.30. The van der Waals surface area contributed by atoms with Crippen LogP contribution in [-0.4, -0.2) is 23.6 Å². The number of hydrogen-bond donors (Lipinski definition) is 3. The fraction of sp³-hybridized carbons (Fsp3) is 0.529. The fourth-order valence-electron chi connectivity index (χ4n) is 2.85. The summed E-state index contributed by atoms with van der Waals surface area (Å²) in [5, 5.41) is 10.3. The smallest absolute Gasteiger partial charge is 0.243 e. The molecule has 1 aliphatic carbocycles. The van der Waals surface area contributed by atoms with E-state index in [2.05, 4.69) is 22.9 Å². The molecule has 4 nitrogen and oxygen atoms in total. The molecule has 2 atom stereocenters. The third kappa shape index (κ3) is 5.36. The molecule has 0 unspecified atom stereocenters. The minimum Gasteiger partial charge on any atom is -0.360 e. The van der Waals surface area contributed by atoms with Gasteiger partial charge in [-0.15, -0.1) is 0 Å². The second-order valence-electron chi connectivity index (χ2n) is 6.16. The molecule has 3 N–H and O–H groups in total. The van der Waals surface area contributed by atoms with Crippen LogP contribution in [0.2, 0.25) is 5.02 Å². The first-order valence-electron chi connectivity index (χ1n) is 8.06. The first kappa shape index (κ1) is 18.0. The van der Waals surface area contributed by atoms with Crippen molar-refractivity contribution in [2.75, 3.05) is 11.9 Å². The normalized spacial score (nSPS) is 20.7. The van der Waals surface area contributed by atoms with Gasteiger partial charge in [0, 0.05) is 16.8 Å². The van der Waals surface area contributed by atoms with E-state index in [-0.39, 0.29) is 12.5 Å². The molecule has 23 heavy (non-hydrogen) atoms. The maximum atomic E-state index is 12.0. The molecule has 0 radical (unpaired) electrons. The molecule has 1 amide bonds. The van der Waals surface area contributed by atoms with E-state index in [0.29, 0.717) is 22.1 Å². The monoisotopic (exact) mass is 353 g/mol. The van der Waals surface area contributed by atoms with Crippen LogP contribution in [0, 0.1) is 12.8 Å². The summed E-state index contributed by atoms with van der Waals surface area (Å²) in [6.45, 7) is 4.26. The number of hydrogen-bond acceptors (Lipinski definition) is 2. The fourth-order valence-corrected chi connectivity index (χ4v) is 3.25. The van der Waals surface area contributed by atoms with Crippen LogP contribution in [0.4, 0.5) is 5.69 Å². The lowest BCUT2D eigenvalue weighted by Crippen LogP contribution is -2.47. The molecule has 0 spiro atoms. The topological polar surface area (TPSA) is 53.2 Å². The number of carbonyl (C=O) groups is 1. The quantitative estimate of drug-likeness (QED) is 0.723. The molecule has 1 saturated carbocycles. The minimum atomic E-state index is -0.142. The van der Waals surface area contributed by atoms with Gasteiger partial charge in [0.1, 0.15) is 0 Å². The number of thiocarbonyl (C=S) groups is 1. The van der Waals surface area contributed by atoms with E-state index in [1.807, 2.05) is 19.1 Å². The van der Waals surface area contributed by atoms with Crippen LogP contribution in [0.5, 0.6) is 0 Å². The standard InChI is InChI=1S/C17H24ClN3OS/c1-11-6-3-4-8-14(11)21-17(23)19-10-16(22)20-15-9-5-7-13(18)12(15)2/h5,7,9,11,14H,3-4,6,8,10H2,1-2H3,(H,20,22)(H2,19,21,23)/t11-,14-/m1/s1. The third-order valence-corrected chi connectivity index (χ3v) is 5.05. The summed E-state index contributed by atoms with van der Waals surface area (Å²) in [5.41, 5.74) is 1.59. The van der Waals surface area contributed by atoms with Crippen molar-refractivity contribution in [3.63, 3.8) is 0 Å². The summed E-state index contributed by atoms with van der Waals surface area (Å²) in [7, 11) is 0. The SMILES string of the molecule is Cc1c(Cl)cccc1NC(=O)CNC(=S)N[C@@H]1CCCC[C@H]1C. The molecule has 1 fully saturated rings. The molecular weight excluding hydrogens is 330 g/mol. The van der Waals surface area contributed by atoms with Gasteiger partial charge in [-0.2, -0.15) is 0 Å². The van der Waals surface area contributed by atoms with Crippen molar-refractivity contribution in [2.45, 2.75) is 45.6 Å². The van der Waals surface area contributed by atoms with Crippen molar-refractivity contribution in [3.05, 3.63) is 28.8 Å². The Kier molecular flexibility index (Phi) is 6.66. The number of anilines is 1. The minimum absolute atomic E-state index is 0.138. The lowest BCUT2D eigenvalue weighted by molar-refractivity contribution is -0.115. The molecule has 1 aliphatic rings. The van der Waals surface area contributed by atoms with E-state index in [4.69, 9.17) is 23.8 Å². The van der Waals surface area contributed by atoms with Crippen LogP contribution < -0.4 is 16.0 Å². The third-order valence-electron chi connectivity index (χ3n) is 4.38. The Balaban J connectivity index is 1.77. The van der Waals surface area contributed by atoms with Crippen LogP contribution in [0.15, 0.2) is 18.2 Å². The van der Waals surface area contributed by atoms with Gasteiger partial charge in [0.2, 0.25) is 5.91 Å². The van der Waals surface area contributed by atoms with E-state index >= 15 is 0 Å². The Morgan fingerprint density at radius 3 is 2.83 bits per heavy atom. The van der Waals surface area contributed by atoms with Crippen LogP contribution in [0.1, 0.15) is 38.2 Å². The maximum Gasteiger partial charge on any atom is 0.243 e. The Morgan fingerprint density at radius 1 is 1.35 bits per heavy atom. The Bertz CT molecular complexity index is 579. The highest BCUT2D eigenvalue weighted by atomic mass is 35.5. The van der Waals surface area contributed by atoms with Gasteiger partial charge in [0.15, 0.2) is 5.11 Å². The molecule has 126 valence electrons. The van der Waals surface area contributed by atoms with Crippen LogP contribution in [0.25, 0.3) is 0 Å². The first-order valence-corrected chi connectivity index (χ1v) is 8.85. The number of benzene rings is 1. The number of halogens is 1. The summed E-state index contributed by atoms with van der Waals surface area (Å²) in [6.07, 6.45) is 4.89. The second kappa shape index (κ2) is 8.50. The molecule has 0 aliphatic heterocycles. The van der Waals surface area contributed by atoms with E-state index < -0.39 is 0 Å². The van der Waals surface area contributed by atoms with E-state index in [9.17, 15) is 4.79 Å². The zero-order valence-corrected chi connectivity index (χ0v) is 15.2. The second-order valence-corrected chi connectivity index (χ2v) is 6.97. The van der Waals surface area contributed by atoms with Crippen LogP contribution in [0.3, 0.4) is 0 Å². The highest BCUT2D eigenvalue weighted by Crippen LogP contribution is 2.24. The van der Waals surface area contributed by atoms with E-state index in [1.54, 1.807) is 6.07 Å². The molecular formula is C17H24ClN3OS. The first-order chi connectivity index (χ1) is 11.0. The molecule has 0 bridgehead atoms. The number of nitrogens with one attached hydrogen (secondary N) is 3. The van der Waals surface area contributed by atoms with Crippen molar-refractivity contribution < 1.29 is 4.79 Å². The van der Waals surface area contributed by atoms with E-state index in [1.165, 1.54) is 19.3 Å². The Morgan fingerprint density at radius 2 is 2.09 bits per heavy atom. The molecule has 6 heteroatoms. The van der Waals surface area contributed by atoms with Crippen LogP contribution >= 0.6 is 23.8 Å². The van der Waals surface area contributed by atoms with Crippen molar-refractivity contribution in [1.29, 1.82) is 0 Å². The van der Waals surface area contributed by atoms with E-state index in [0.717, 1.165) is 17.7 Å². The molecule has 0 saturated heterocycles. The summed E-state index contributed by atoms with van der Waals surface area (Å²) in [5.74, 6) is 0.475. The largest absolute Gasteiger partial charge is 0.360 e. The molecule has 1 aromatic rings. The van der Waals surface area contributed by atoms with Gasteiger partial charge in [-0.25, -0.2) is 0 Å². The predicted octanol–water partition coefficient (Wildman–Crippen LogP) is 3.63. The average molecular weight is 354 g/mol. The Hall–Kier alpha value is -1.33. The van der Waals surface area contributed by atoms with Crippen molar-refractivity contribution >= 4 is 40.5 Å². The molecule has 0 heterocycles. The summed E-state index contributed by atoms with van der Waals surface area (Å²) in [4.78, 5) is 12.0. The van der Waals surface area contributed by atoms with Crippen molar-refractivity contribution in [1.82, 2.24) is 10.6 Å².